The highest BCUT2D eigenvalue weighted by Crippen LogP contribution is 2.29. The predicted octanol–water partition coefficient (Wildman–Crippen LogP) is 3.63. The normalized spacial score (nSPS) is 10.7. The molecule has 2 N–H and O–H groups in total. The van der Waals surface area contributed by atoms with Gasteiger partial charge in [0.25, 0.3) is 0 Å². The number of benzene rings is 2. The summed E-state index contributed by atoms with van der Waals surface area (Å²) in [6.07, 6.45) is 1.33. The first-order valence-corrected chi connectivity index (χ1v) is 7.12. The van der Waals surface area contributed by atoms with Gasteiger partial charge in [-0.25, -0.2) is 4.98 Å². The number of anilines is 1. The van der Waals surface area contributed by atoms with Crippen LogP contribution in [0.4, 0.5) is 5.69 Å². The van der Waals surface area contributed by atoms with E-state index in [1.165, 1.54) is 0 Å². The summed E-state index contributed by atoms with van der Waals surface area (Å²) in [6, 6.07) is 15.8. The Morgan fingerprint density at radius 3 is 2.14 bits per heavy atom. The summed E-state index contributed by atoms with van der Waals surface area (Å²) in [5, 5.41) is 1.99. The van der Waals surface area contributed by atoms with Gasteiger partial charge in [0.1, 0.15) is 0 Å². The number of para-hydroxylation sites is 2. The van der Waals surface area contributed by atoms with E-state index in [9.17, 15) is 4.79 Å². The molecule has 0 aliphatic rings. The van der Waals surface area contributed by atoms with Crippen LogP contribution in [0.25, 0.3) is 21.8 Å². The molecule has 21 heavy (non-hydrogen) atoms. The lowest BCUT2D eigenvalue weighted by atomic mass is 10.1. The largest absolute Gasteiger partial charge is 0.297 e. The maximum atomic E-state index is 11.7. The molecule has 0 saturated heterocycles. The fourth-order valence-corrected chi connectivity index (χ4v) is 2.40. The second-order valence-electron chi connectivity index (χ2n) is 4.94. The molecular weight excluding hydrogens is 262 g/mol. The molecule has 1 heterocycles. The molecule has 3 aromatic rings. The molecule has 4 nitrogen and oxygen atoms in total. The number of hydrazine groups is 1. The number of carbonyl (C=O) groups excluding carboxylic acids is 1. The maximum Gasteiger partial charge on any atom is 0.238 e. The van der Waals surface area contributed by atoms with Crippen LogP contribution in [0.5, 0.6) is 0 Å². The lowest BCUT2D eigenvalue weighted by Gasteiger charge is -2.13. The number of pyridine rings is 1. The van der Waals surface area contributed by atoms with Crippen molar-refractivity contribution in [2.75, 3.05) is 5.43 Å². The van der Waals surface area contributed by atoms with E-state index in [1.807, 2.05) is 55.5 Å². The number of fused-ring (bicyclic) bond motifs is 2. The molecule has 1 amide bonds. The first kappa shape index (κ1) is 13.4. The van der Waals surface area contributed by atoms with Crippen LogP contribution in [-0.4, -0.2) is 10.9 Å². The first-order chi connectivity index (χ1) is 10.3. The van der Waals surface area contributed by atoms with Gasteiger partial charge in [-0.15, -0.1) is 0 Å². The predicted molar refractivity (Wildman–Crippen MR) is 85.9 cm³/mol. The molecule has 0 aliphatic heterocycles. The molecule has 0 spiro atoms. The second kappa shape index (κ2) is 5.79. The summed E-state index contributed by atoms with van der Waals surface area (Å²) >= 11 is 0. The van der Waals surface area contributed by atoms with E-state index in [2.05, 4.69) is 15.8 Å². The summed E-state index contributed by atoms with van der Waals surface area (Å²) in [4.78, 5) is 16.3. The quantitative estimate of drug-likeness (QED) is 0.566. The number of nitrogens with zero attached hydrogens (tertiary/aromatic N) is 1. The van der Waals surface area contributed by atoms with Crippen LogP contribution in [0.15, 0.2) is 48.5 Å². The van der Waals surface area contributed by atoms with Crippen molar-refractivity contribution >= 4 is 33.4 Å². The summed E-state index contributed by atoms with van der Waals surface area (Å²) in [7, 11) is 0. The van der Waals surface area contributed by atoms with E-state index in [-0.39, 0.29) is 5.91 Å². The van der Waals surface area contributed by atoms with Crippen LogP contribution in [0.1, 0.15) is 19.8 Å². The fraction of sp³-hybridized carbons (Fsp3) is 0.176. The Kier molecular flexibility index (Phi) is 3.69. The highest BCUT2D eigenvalue weighted by atomic mass is 16.2. The van der Waals surface area contributed by atoms with Crippen molar-refractivity contribution in [3.63, 3.8) is 0 Å². The minimum absolute atomic E-state index is 0.0116. The Bertz CT molecular complexity index is 744. The van der Waals surface area contributed by atoms with Gasteiger partial charge in [0.05, 0.1) is 16.7 Å². The minimum atomic E-state index is -0.0116. The summed E-state index contributed by atoms with van der Waals surface area (Å²) < 4.78 is 0. The van der Waals surface area contributed by atoms with Crippen LogP contribution in [0.2, 0.25) is 0 Å². The molecule has 0 aliphatic carbocycles. The van der Waals surface area contributed by atoms with Gasteiger partial charge >= 0.3 is 0 Å². The van der Waals surface area contributed by atoms with Gasteiger partial charge in [0.15, 0.2) is 0 Å². The van der Waals surface area contributed by atoms with E-state index in [4.69, 9.17) is 0 Å². The highest BCUT2D eigenvalue weighted by molar-refractivity contribution is 6.07. The molecule has 0 saturated carbocycles. The van der Waals surface area contributed by atoms with Crippen LogP contribution in [0, 0.1) is 0 Å². The first-order valence-electron chi connectivity index (χ1n) is 7.12. The summed E-state index contributed by atoms with van der Waals surface area (Å²) in [6.45, 7) is 1.98. The van der Waals surface area contributed by atoms with Gasteiger partial charge in [0, 0.05) is 17.2 Å². The van der Waals surface area contributed by atoms with Crippen LogP contribution in [-0.2, 0) is 4.79 Å². The molecular formula is C17H17N3O. The molecule has 0 radical (unpaired) electrons. The SMILES string of the molecule is CCCC(=O)NNc1c2ccccc2nc2ccccc12. The average Bonchev–Trinajstić information content (AvgIpc) is 2.51. The molecule has 106 valence electrons. The number of hydrogen-bond acceptors (Lipinski definition) is 3. The van der Waals surface area contributed by atoms with E-state index < -0.39 is 0 Å². The smallest absolute Gasteiger partial charge is 0.238 e. The lowest BCUT2D eigenvalue weighted by Crippen LogP contribution is -2.29. The minimum Gasteiger partial charge on any atom is -0.297 e. The molecule has 1 aromatic heterocycles. The van der Waals surface area contributed by atoms with E-state index in [0.29, 0.717) is 6.42 Å². The third-order valence-corrected chi connectivity index (χ3v) is 3.39. The van der Waals surface area contributed by atoms with Gasteiger partial charge in [0.2, 0.25) is 5.91 Å². The van der Waals surface area contributed by atoms with Crippen molar-refractivity contribution < 1.29 is 4.79 Å². The van der Waals surface area contributed by atoms with Crippen LogP contribution in [0.3, 0.4) is 0 Å². The number of aromatic nitrogens is 1. The van der Waals surface area contributed by atoms with Crippen LogP contribution >= 0.6 is 0 Å². The summed E-state index contributed by atoms with van der Waals surface area (Å²) in [5.41, 5.74) is 8.54. The Morgan fingerprint density at radius 1 is 1.00 bits per heavy atom. The average molecular weight is 279 g/mol. The number of hydrogen-bond donors (Lipinski definition) is 2. The lowest BCUT2D eigenvalue weighted by molar-refractivity contribution is -0.120. The molecule has 0 unspecified atom stereocenters. The molecule has 4 heteroatoms. The highest BCUT2D eigenvalue weighted by Gasteiger charge is 2.09. The fourth-order valence-electron chi connectivity index (χ4n) is 2.40. The number of nitrogens with one attached hydrogen (secondary N) is 2. The van der Waals surface area contributed by atoms with Crippen molar-refractivity contribution in [2.45, 2.75) is 19.8 Å². The monoisotopic (exact) mass is 279 g/mol. The van der Waals surface area contributed by atoms with E-state index in [0.717, 1.165) is 33.9 Å². The van der Waals surface area contributed by atoms with Gasteiger partial charge in [-0.05, 0) is 18.6 Å². The Labute approximate surface area is 123 Å². The van der Waals surface area contributed by atoms with Crippen molar-refractivity contribution in [1.82, 2.24) is 10.4 Å². The van der Waals surface area contributed by atoms with Crippen molar-refractivity contribution in [2.24, 2.45) is 0 Å². The van der Waals surface area contributed by atoms with Crippen molar-refractivity contribution in [1.29, 1.82) is 0 Å². The molecule has 0 fully saturated rings. The zero-order valence-electron chi connectivity index (χ0n) is 11.9. The Morgan fingerprint density at radius 2 is 1.57 bits per heavy atom. The number of amides is 1. The second-order valence-corrected chi connectivity index (χ2v) is 4.94. The van der Waals surface area contributed by atoms with Crippen molar-refractivity contribution in [3.8, 4) is 0 Å². The number of rotatable bonds is 4. The maximum absolute atomic E-state index is 11.7. The van der Waals surface area contributed by atoms with Gasteiger partial charge in [-0.1, -0.05) is 43.3 Å². The third kappa shape index (κ3) is 2.65. The van der Waals surface area contributed by atoms with Gasteiger partial charge < -0.3 is 0 Å². The molecule has 0 bridgehead atoms. The Balaban J connectivity index is 2.09. The molecule has 0 atom stereocenters. The van der Waals surface area contributed by atoms with Gasteiger partial charge in [-0.2, -0.15) is 0 Å². The summed E-state index contributed by atoms with van der Waals surface area (Å²) in [5.74, 6) is -0.0116. The Hall–Kier alpha value is -2.62. The van der Waals surface area contributed by atoms with Crippen LogP contribution < -0.4 is 10.9 Å². The number of carbonyl (C=O) groups is 1. The van der Waals surface area contributed by atoms with E-state index in [1.54, 1.807) is 0 Å². The zero-order valence-corrected chi connectivity index (χ0v) is 11.9. The molecule has 2 aromatic carbocycles. The standard InChI is InChI=1S/C17H17N3O/c1-2-7-16(21)19-20-17-12-8-3-5-10-14(12)18-15-11-6-4-9-13(15)17/h3-6,8-11H,2,7H2,1H3,(H,18,20)(H,19,21). The topological polar surface area (TPSA) is 54.0 Å². The van der Waals surface area contributed by atoms with Crippen molar-refractivity contribution in [3.05, 3.63) is 48.5 Å². The zero-order chi connectivity index (χ0) is 14.7. The van der Waals surface area contributed by atoms with E-state index >= 15 is 0 Å². The van der Waals surface area contributed by atoms with Gasteiger partial charge in [-0.3, -0.25) is 15.6 Å². The third-order valence-electron chi connectivity index (χ3n) is 3.39. The molecule has 3 rings (SSSR count).